The second-order valence-electron chi connectivity index (χ2n) is 4.11. The Kier molecular flexibility index (Phi) is 9.65. The van der Waals surface area contributed by atoms with Gasteiger partial charge in [-0.15, -0.1) is 24.0 Å². The minimum Gasteiger partial charge on any atom is -0.357 e. The number of rotatable bonds is 3. The van der Waals surface area contributed by atoms with Crippen molar-refractivity contribution >= 4 is 29.9 Å². The zero-order valence-electron chi connectivity index (χ0n) is 12.4. The molecular weight excluding hydrogens is 406 g/mol. The summed E-state index contributed by atoms with van der Waals surface area (Å²) in [5.41, 5.74) is -0.368. The molecule has 1 aromatic carbocycles. The molecule has 0 saturated carbocycles. The lowest BCUT2D eigenvalue weighted by atomic mass is 10.1. The Labute approximate surface area is 145 Å². The Morgan fingerprint density at radius 3 is 2.36 bits per heavy atom. The van der Waals surface area contributed by atoms with Gasteiger partial charge >= 0.3 is 6.18 Å². The lowest BCUT2D eigenvalue weighted by Gasteiger charge is -2.07. The van der Waals surface area contributed by atoms with E-state index in [0.717, 1.165) is 25.2 Å². The molecule has 0 fully saturated rings. The van der Waals surface area contributed by atoms with Crippen molar-refractivity contribution in [1.29, 1.82) is 0 Å². The van der Waals surface area contributed by atoms with E-state index in [-0.39, 0.29) is 30.5 Å². The SMILES string of the molecule is CCNC(=NCC#Cc1cccc(C(F)(F)F)c1)NCC.I. The maximum absolute atomic E-state index is 12.5. The number of benzene rings is 1. The largest absolute Gasteiger partial charge is 0.416 e. The van der Waals surface area contributed by atoms with E-state index in [9.17, 15) is 13.2 Å². The van der Waals surface area contributed by atoms with Gasteiger partial charge < -0.3 is 10.6 Å². The third-order valence-electron chi connectivity index (χ3n) is 2.43. The van der Waals surface area contributed by atoms with Gasteiger partial charge in [0, 0.05) is 18.7 Å². The zero-order chi connectivity index (χ0) is 15.7. The number of halogens is 4. The van der Waals surface area contributed by atoms with Crippen molar-refractivity contribution < 1.29 is 13.2 Å². The first kappa shape index (κ1) is 20.6. The van der Waals surface area contributed by atoms with Crippen LogP contribution in [0, 0.1) is 11.8 Å². The van der Waals surface area contributed by atoms with Crippen molar-refractivity contribution in [3.05, 3.63) is 35.4 Å². The second kappa shape index (κ2) is 10.3. The molecule has 1 rings (SSSR count). The topological polar surface area (TPSA) is 36.4 Å². The molecule has 1 aromatic rings. The molecule has 7 heteroatoms. The average Bonchev–Trinajstić information content (AvgIpc) is 2.43. The van der Waals surface area contributed by atoms with Crippen LogP contribution in [-0.4, -0.2) is 25.6 Å². The van der Waals surface area contributed by atoms with Crippen molar-refractivity contribution in [2.45, 2.75) is 20.0 Å². The van der Waals surface area contributed by atoms with E-state index < -0.39 is 11.7 Å². The summed E-state index contributed by atoms with van der Waals surface area (Å²) in [6.45, 7) is 5.56. The summed E-state index contributed by atoms with van der Waals surface area (Å²) in [7, 11) is 0. The Balaban J connectivity index is 0.00000441. The van der Waals surface area contributed by atoms with Gasteiger partial charge in [-0.1, -0.05) is 17.9 Å². The molecule has 3 nitrogen and oxygen atoms in total. The average molecular weight is 425 g/mol. The van der Waals surface area contributed by atoms with Crippen LogP contribution in [0.2, 0.25) is 0 Å². The number of hydrogen-bond donors (Lipinski definition) is 2. The first-order chi connectivity index (χ1) is 9.97. The molecule has 22 heavy (non-hydrogen) atoms. The van der Waals surface area contributed by atoms with E-state index in [4.69, 9.17) is 0 Å². The Bertz CT molecular complexity index is 537. The van der Waals surface area contributed by atoms with Gasteiger partial charge in [0.25, 0.3) is 0 Å². The third kappa shape index (κ3) is 7.54. The molecule has 0 saturated heterocycles. The summed E-state index contributed by atoms with van der Waals surface area (Å²) in [5.74, 6) is 6.06. The first-order valence-corrected chi connectivity index (χ1v) is 6.65. The minimum absolute atomic E-state index is 0. The van der Waals surface area contributed by atoms with Gasteiger partial charge in [0.05, 0.1) is 5.56 Å². The third-order valence-corrected chi connectivity index (χ3v) is 2.43. The van der Waals surface area contributed by atoms with Crippen LogP contribution >= 0.6 is 24.0 Å². The highest BCUT2D eigenvalue weighted by molar-refractivity contribution is 14.0. The maximum Gasteiger partial charge on any atom is 0.416 e. The molecule has 0 heterocycles. The Hall–Kier alpha value is -1.43. The number of hydrogen-bond acceptors (Lipinski definition) is 1. The fourth-order valence-electron chi connectivity index (χ4n) is 1.54. The molecule has 0 atom stereocenters. The quantitative estimate of drug-likeness (QED) is 0.338. The lowest BCUT2D eigenvalue weighted by Crippen LogP contribution is -2.37. The molecule has 122 valence electrons. The molecule has 0 unspecified atom stereocenters. The van der Waals surface area contributed by atoms with E-state index in [1.807, 2.05) is 13.8 Å². The fraction of sp³-hybridized carbons (Fsp3) is 0.400. The van der Waals surface area contributed by atoms with Gasteiger partial charge in [-0.25, -0.2) is 4.99 Å². The normalized spacial score (nSPS) is 9.86. The number of nitrogens with one attached hydrogen (secondary N) is 2. The van der Waals surface area contributed by atoms with Crippen LogP contribution in [0.15, 0.2) is 29.3 Å². The van der Waals surface area contributed by atoms with Gasteiger partial charge in [0.1, 0.15) is 6.54 Å². The van der Waals surface area contributed by atoms with Crippen LogP contribution in [0.1, 0.15) is 25.0 Å². The minimum atomic E-state index is -4.35. The van der Waals surface area contributed by atoms with Crippen molar-refractivity contribution in [3.8, 4) is 11.8 Å². The summed E-state index contributed by atoms with van der Waals surface area (Å²) in [6, 6.07) is 4.95. The van der Waals surface area contributed by atoms with Crippen molar-refractivity contribution in [3.63, 3.8) is 0 Å². The second-order valence-corrected chi connectivity index (χ2v) is 4.11. The number of alkyl halides is 3. The molecule has 0 bridgehead atoms. The van der Waals surface area contributed by atoms with E-state index in [1.54, 1.807) is 6.07 Å². The van der Waals surface area contributed by atoms with Crippen molar-refractivity contribution in [1.82, 2.24) is 10.6 Å². The van der Waals surface area contributed by atoms with E-state index >= 15 is 0 Å². The standard InChI is InChI=1S/C15H18F3N3.HI/c1-3-19-14(20-4-2)21-10-6-8-12-7-5-9-13(11-12)15(16,17)18;/h5,7,9,11H,3-4,10H2,1-2H3,(H2,19,20,21);1H. The van der Waals surface area contributed by atoms with Crippen LogP contribution in [-0.2, 0) is 6.18 Å². The van der Waals surface area contributed by atoms with Crippen LogP contribution < -0.4 is 10.6 Å². The highest BCUT2D eigenvalue weighted by Gasteiger charge is 2.30. The summed E-state index contributed by atoms with van der Waals surface area (Å²) >= 11 is 0. The zero-order valence-corrected chi connectivity index (χ0v) is 14.8. The van der Waals surface area contributed by atoms with Crippen LogP contribution in [0.25, 0.3) is 0 Å². The molecule has 0 spiro atoms. The maximum atomic E-state index is 12.5. The first-order valence-electron chi connectivity index (χ1n) is 6.65. The number of guanidine groups is 1. The molecule has 0 aliphatic heterocycles. The summed E-state index contributed by atoms with van der Waals surface area (Å²) in [4.78, 5) is 4.19. The molecule has 0 aliphatic carbocycles. The summed E-state index contributed by atoms with van der Waals surface area (Å²) in [5, 5.41) is 6.07. The Morgan fingerprint density at radius 2 is 1.82 bits per heavy atom. The predicted molar refractivity (Wildman–Crippen MR) is 93.4 cm³/mol. The number of aliphatic imine (C=N–C) groups is 1. The van der Waals surface area contributed by atoms with E-state index in [1.165, 1.54) is 6.07 Å². The van der Waals surface area contributed by atoms with Gasteiger partial charge in [0.15, 0.2) is 5.96 Å². The summed E-state index contributed by atoms with van der Waals surface area (Å²) in [6.07, 6.45) is -4.35. The summed E-state index contributed by atoms with van der Waals surface area (Å²) < 4.78 is 37.6. The van der Waals surface area contributed by atoms with Crippen LogP contribution in [0.4, 0.5) is 13.2 Å². The van der Waals surface area contributed by atoms with E-state index in [2.05, 4.69) is 27.5 Å². The fourth-order valence-corrected chi connectivity index (χ4v) is 1.54. The lowest BCUT2D eigenvalue weighted by molar-refractivity contribution is -0.137. The van der Waals surface area contributed by atoms with Crippen LogP contribution in [0.3, 0.4) is 0 Å². The van der Waals surface area contributed by atoms with Crippen molar-refractivity contribution in [2.24, 2.45) is 4.99 Å². The molecular formula is C15H19F3IN3. The highest BCUT2D eigenvalue weighted by atomic mass is 127. The van der Waals surface area contributed by atoms with Crippen LogP contribution in [0.5, 0.6) is 0 Å². The molecule has 0 radical (unpaired) electrons. The van der Waals surface area contributed by atoms with Crippen molar-refractivity contribution in [2.75, 3.05) is 19.6 Å². The van der Waals surface area contributed by atoms with Gasteiger partial charge in [-0.3, -0.25) is 0 Å². The van der Waals surface area contributed by atoms with Gasteiger partial charge in [0.2, 0.25) is 0 Å². The highest BCUT2D eigenvalue weighted by Crippen LogP contribution is 2.29. The molecule has 0 aliphatic rings. The van der Waals surface area contributed by atoms with Gasteiger partial charge in [-0.2, -0.15) is 13.2 Å². The monoisotopic (exact) mass is 425 g/mol. The molecule has 2 N–H and O–H groups in total. The van der Waals surface area contributed by atoms with E-state index in [0.29, 0.717) is 11.5 Å². The molecule has 0 amide bonds. The predicted octanol–water partition coefficient (Wildman–Crippen LogP) is 3.25. The smallest absolute Gasteiger partial charge is 0.357 e. The number of nitrogens with zero attached hydrogens (tertiary/aromatic N) is 1. The molecule has 0 aromatic heterocycles. The Morgan fingerprint density at radius 1 is 1.18 bits per heavy atom. The van der Waals surface area contributed by atoms with Gasteiger partial charge in [-0.05, 0) is 32.0 Å².